The molecule has 4 N–H and O–H groups in total. The van der Waals surface area contributed by atoms with Crippen LogP contribution in [0, 0.1) is 0 Å². The lowest BCUT2D eigenvalue weighted by atomic mass is 9.79. The molecule has 4 rings (SSSR count). The van der Waals surface area contributed by atoms with Crippen LogP contribution in [0.3, 0.4) is 0 Å². The zero-order valence-corrected chi connectivity index (χ0v) is 23.6. The van der Waals surface area contributed by atoms with E-state index in [1.54, 1.807) is 12.1 Å². The van der Waals surface area contributed by atoms with Crippen LogP contribution in [0.2, 0.25) is 0 Å². The second kappa shape index (κ2) is 12.5. The van der Waals surface area contributed by atoms with Crippen molar-refractivity contribution < 1.29 is 14.4 Å². The van der Waals surface area contributed by atoms with Crippen molar-refractivity contribution in [2.45, 2.75) is 53.4 Å². The van der Waals surface area contributed by atoms with Crippen molar-refractivity contribution in [3.05, 3.63) is 112 Å². The summed E-state index contributed by atoms with van der Waals surface area (Å²) in [6, 6.07) is 22.7. The van der Waals surface area contributed by atoms with E-state index in [0.29, 0.717) is 28.2 Å². The van der Waals surface area contributed by atoms with Gasteiger partial charge in [0.25, 0.3) is 11.8 Å². The number of carbonyl (C=O) groups excluding carboxylic acids is 3. The van der Waals surface area contributed by atoms with Gasteiger partial charge in [-0.15, -0.1) is 0 Å². The number of allylic oxidation sites excluding steroid dienone is 2. The van der Waals surface area contributed by atoms with Crippen LogP contribution in [0.1, 0.15) is 57.2 Å². The second-order valence-electron chi connectivity index (χ2n) is 9.87. The Morgan fingerprint density at radius 1 is 0.675 bits per heavy atom. The lowest BCUT2D eigenvalue weighted by Crippen LogP contribution is -2.35. The first-order valence-electron chi connectivity index (χ1n) is 13.6. The Morgan fingerprint density at radius 3 is 1.55 bits per heavy atom. The number of amides is 3. The first-order valence-corrected chi connectivity index (χ1v) is 13.6. The summed E-state index contributed by atoms with van der Waals surface area (Å²) >= 11 is 0. The van der Waals surface area contributed by atoms with Gasteiger partial charge < -0.3 is 21.3 Å². The van der Waals surface area contributed by atoms with Gasteiger partial charge in [0, 0.05) is 52.4 Å². The minimum Gasteiger partial charge on any atom is -0.362 e. The number of hydrogen-bond acceptors (Lipinski definition) is 4. The first-order chi connectivity index (χ1) is 19.2. The molecule has 0 aromatic heterocycles. The summed E-state index contributed by atoms with van der Waals surface area (Å²) in [5.41, 5.74) is 7.18. The van der Waals surface area contributed by atoms with Gasteiger partial charge in [0.1, 0.15) is 0 Å². The van der Waals surface area contributed by atoms with Gasteiger partial charge in [-0.25, -0.2) is 0 Å². The quantitative estimate of drug-likeness (QED) is 0.272. The topological polar surface area (TPSA) is 99.3 Å². The van der Waals surface area contributed by atoms with Gasteiger partial charge in [-0.2, -0.15) is 0 Å². The van der Waals surface area contributed by atoms with Crippen LogP contribution in [-0.2, 0) is 27.2 Å². The molecule has 0 atom stereocenters. The van der Waals surface area contributed by atoms with E-state index in [2.05, 4.69) is 21.3 Å². The average Bonchev–Trinajstić information content (AvgIpc) is 2.93. The number of dihydropyridines is 1. The number of carbonyl (C=O) groups is 3. The monoisotopic (exact) mass is 536 g/mol. The Hall–Kier alpha value is -4.65. The van der Waals surface area contributed by atoms with Crippen LogP contribution < -0.4 is 21.3 Å². The van der Waals surface area contributed by atoms with Crippen LogP contribution in [0.4, 0.5) is 17.1 Å². The van der Waals surface area contributed by atoms with Gasteiger partial charge in [0.15, 0.2) is 0 Å². The van der Waals surface area contributed by atoms with Crippen molar-refractivity contribution in [2.24, 2.45) is 0 Å². The standard InChI is InChI=1S/C33H36N4O3/c1-6-23-12-8-10-14-27(23)36-32(39)29-20(3)34-21(4)30(33(40)37-28-15-11-9-13-24(28)7-2)31(29)25-16-18-26(19-17-25)35-22(5)38/h8-19,31,34H,6-7H2,1-5H3,(H,35,38)(H,36,39)(H,37,40). The molecule has 7 nitrogen and oxygen atoms in total. The van der Waals surface area contributed by atoms with E-state index in [0.717, 1.165) is 40.9 Å². The number of nitrogens with one attached hydrogen (secondary N) is 4. The molecule has 1 aliphatic heterocycles. The second-order valence-corrected chi connectivity index (χ2v) is 9.87. The van der Waals surface area contributed by atoms with Gasteiger partial charge in [0.2, 0.25) is 5.91 Å². The molecule has 1 heterocycles. The van der Waals surface area contributed by atoms with Crippen LogP contribution >= 0.6 is 0 Å². The molecule has 206 valence electrons. The lowest BCUT2D eigenvalue weighted by Gasteiger charge is -2.32. The molecule has 1 aliphatic rings. The molecule has 3 amide bonds. The zero-order chi connectivity index (χ0) is 28.8. The maximum Gasteiger partial charge on any atom is 0.254 e. The summed E-state index contributed by atoms with van der Waals surface area (Å²) < 4.78 is 0. The molecule has 0 unspecified atom stereocenters. The molecule has 0 aliphatic carbocycles. The number of aryl methyl sites for hydroxylation is 2. The Morgan fingerprint density at radius 2 is 1.12 bits per heavy atom. The molecule has 0 saturated heterocycles. The molecule has 7 heteroatoms. The van der Waals surface area contributed by atoms with E-state index in [1.807, 2.05) is 88.4 Å². The molecule has 40 heavy (non-hydrogen) atoms. The molecular formula is C33H36N4O3. The van der Waals surface area contributed by atoms with Crippen molar-refractivity contribution in [1.29, 1.82) is 0 Å². The molecule has 0 spiro atoms. The third kappa shape index (κ3) is 6.15. The van der Waals surface area contributed by atoms with E-state index in [4.69, 9.17) is 0 Å². The highest BCUT2D eigenvalue weighted by atomic mass is 16.2. The minimum absolute atomic E-state index is 0.176. The van der Waals surface area contributed by atoms with Crippen molar-refractivity contribution in [1.82, 2.24) is 5.32 Å². The predicted molar refractivity (Wildman–Crippen MR) is 161 cm³/mol. The predicted octanol–water partition coefficient (Wildman–Crippen LogP) is 6.28. The van der Waals surface area contributed by atoms with E-state index in [1.165, 1.54) is 6.92 Å². The minimum atomic E-state index is -0.643. The summed E-state index contributed by atoms with van der Waals surface area (Å²) in [6.45, 7) is 9.24. The van der Waals surface area contributed by atoms with Crippen molar-refractivity contribution >= 4 is 34.8 Å². The summed E-state index contributed by atoms with van der Waals surface area (Å²) in [5, 5.41) is 12.3. The number of rotatable bonds is 8. The van der Waals surface area contributed by atoms with E-state index in [9.17, 15) is 14.4 Å². The third-order valence-corrected chi connectivity index (χ3v) is 7.11. The van der Waals surface area contributed by atoms with Gasteiger partial charge in [0.05, 0.1) is 0 Å². The van der Waals surface area contributed by atoms with Gasteiger partial charge >= 0.3 is 0 Å². The SMILES string of the molecule is CCc1ccccc1NC(=O)C1=C(C)NC(C)=C(C(=O)Nc2ccccc2CC)C1c1ccc(NC(C)=O)cc1. The molecule has 0 saturated carbocycles. The highest BCUT2D eigenvalue weighted by molar-refractivity contribution is 6.12. The van der Waals surface area contributed by atoms with E-state index in [-0.39, 0.29) is 17.7 Å². The van der Waals surface area contributed by atoms with Crippen LogP contribution in [0.25, 0.3) is 0 Å². The van der Waals surface area contributed by atoms with Crippen LogP contribution in [0.15, 0.2) is 95.3 Å². The van der Waals surface area contributed by atoms with E-state index >= 15 is 0 Å². The van der Waals surface area contributed by atoms with Gasteiger partial charge in [-0.1, -0.05) is 62.4 Å². The van der Waals surface area contributed by atoms with E-state index < -0.39 is 5.92 Å². The molecule has 3 aromatic rings. The summed E-state index contributed by atoms with van der Waals surface area (Å²) in [4.78, 5) is 39.5. The maximum atomic E-state index is 14.0. The summed E-state index contributed by atoms with van der Waals surface area (Å²) in [5.74, 6) is -1.39. The smallest absolute Gasteiger partial charge is 0.254 e. The summed E-state index contributed by atoms with van der Waals surface area (Å²) in [7, 11) is 0. The Balaban J connectivity index is 1.78. The molecule has 3 aromatic carbocycles. The Labute approximate surface area is 235 Å². The van der Waals surface area contributed by atoms with Crippen LogP contribution in [-0.4, -0.2) is 17.7 Å². The number of anilines is 3. The number of hydrogen-bond donors (Lipinski definition) is 4. The van der Waals surface area contributed by atoms with Gasteiger partial charge in [-0.3, -0.25) is 14.4 Å². The molecule has 0 radical (unpaired) electrons. The van der Waals surface area contributed by atoms with Crippen LogP contribution in [0.5, 0.6) is 0 Å². The van der Waals surface area contributed by atoms with Crippen molar-refractivity contribution in [3.63, 3.8) is 0 Å². The highest BCUT2D eigenvalue weighted by Gasteiger charge is 2.36. The molecule has 0 fully saturated rings. The Kier molecular flexibility index (Phi) is 8.84. The first kappa shape index (κ1) is 28.4. The highest BCUT2D eigenvalue weighted by Crippen LogP contribution is 2.40. The fourth-order valence-electron chi connectivity index (χ4n) is 5.17. The largest absolute Gasteiger partial charge is 0.362 e. The fourth-order valence-corrected chi connectivity index (χ4v) is 5.17. The molecule has 0 bridgehead atoms. The fraction of sp³-hybridized carbons (Fsp3) is 0.242. The Bertz CT molecular complexity index is 1420. The normalized spacial score (nSPS) is 13.5. The zero-order valence-electron chi connectivity index (χ0n) is 23.6. The average molecular weight is 537 g/mol. The maximum absolute atomic E-state index is 14.0. The third-order valence-electron chi connectivity index (χ3n) is 7.11. The van der Waals surface area contributed by atoms with Gasteiger partial charge in [-0.05, 0) is 67.6 Å². The summed E-state index contributed by atoms with van der Waals surface area (Å²) in [6.07, 6.45) is 1.54. The number of benzene rings is 3. The lowest BCUT2D eigenvalue weighted by molar-refractivity contribution is -0.115. The van der Waals surface area contributed by atoms with Crippen molar-refractivity contribution in [3.8, 4) is 0 Å². The molecular weight excluding hydrogens is 500 g/mol. The number of para-hydroxylation sites is 2. The van der Waals surface area contributed by atoms with Crippen molar-refractivity contribution in [2.75, 3.05) is 16.0 Å².